The van der Waals surface area contributed by atoms with E-state index in [0.717, 1.165) is 6.54 Å². The van der Waals surface area contributed by atoms with Crippen molar-refractivity contribution in [3.63, 3.8) is 0 Å². The topological polar surface area (TPSA) is 16.1 Å². The van der Waals surface area contributed by atoms with Gasteiger partial charge in [-0.2, -0.15) is 0 Å². The van der Waals surface area contributed by atoms with Crippen molar-refractivity contribution in [1.82, 2.24) is 9.88 Å². The van der Waals surface area contributed by atoms with E-state index in [1.54, 1.807) is 0 Å². The molecule has 0 N–H and O–H groups in total. The van der Waals surface area contributed by atoms with Gasteiger partial charge in [0.05, 0.1) is 0 Å². The fourth-order valence-electron chi connectivity index (χ4n) is 2.10. The fraction of sp³-hybridized carbons (Fsp3) is 0.583. The number of alkyl halides is 1. The van der Waals surface area contributed by atoms with E-state index in [1.807, 2.05) is 12.4 Å². The second-order valence-electron chi connectivity index (χ2n) is 4.69. The van der Waals surface area contributed by atoms with Crippen molar-refractivity contribution in [2.24, 2.45) is 0 Å². The number of pyridine rings is 1. The van der Waals surface area contributed by atoms with Crippen molar-refractivity contribution >= 4 is 15.9 Å². The van der Waals surface area contributed by atoms with Crippen LogP contribution in [0.3, 0.4) is 0 Å². The van der Waals surface area contributed by atoms with Crippen LogP contribution in [0, 0.1) is 0 Å². The summed E-state index contributed by atoms with van der Waals surface area (Å²) < 4.78 is 0. The normalized spacial score (nSPS) is 25.7. The van der Waals surface area contributed by atoms with Crippen molar-refractivity contribution in [2.75, 3.05) is 6.54 Å². The minimum absolute atomic E-state index is 0.253. The molecular formula is C12H17BrN2. The maximum atomic E-state index is 4.04. The summed E-state index contributed by atoms with van der Waals surface area (Å²) in [5.41, 5.74) is 1.60. The van der Waals surface area contributed by atoms with E-state index in [1.165, 1.54) is 18.5 Å². The van der Waals surface area contributed by atoms with Gasteiger partial charge in [0.1, 0.15) is 0 Å². The van der Waals surface area contributed by atoms with Gasteiger partial charge in [-0.1, -0.05) is 15.9 Å². The lowest BCUT2D eigenvalue weighted by Gasteiger charge is -2.33. The molecule has 1 aromatic rings. The Balaban J connectivity index is 2.08. The van der Waals surface area contributed by atoms with Crippen LogP contribution in [-0.2, 0) is 6.54 Å². The largest absolute Gasteiger partial charge is 0.293 e. The number of aromatic nitrogens is 1. The summed E-state index contributed by atoms with van der Waals surface area (Å²) in [4.78, 5) is 7.18. The molecule has 1 aliphatic rings. The summed E-state index contributed by atoms with van der Waals surface area (Å²) in [6.45, 7) is 6.81. The Kier molecular flexibility index (Phi) is 3.12. The number of rotatable bonds is 2. The second kappa shape index (κ2) is 4.22. The Morgan fingerprint density at radius 1 is 1.47 bits per heavy atom. The zero-order chi connectivity index (χ0) is 10.9. The first-order valence-electron chi connectivity index (χ1n) is 5.39. The summed E-state index contributed by atoms with van der Waals surface area (Å²) >= 11 is 3.76. The molecule has 0 spiro atoms. The van der Waals surface area contributed by atoms with Gasteiger partial charge < -0.3 is 0 Å². The molecule has 0 amide bonds. The quantitative estimate of drug-likeness (QED) is 0.767. The molecular weight excluding hydrogens is 252 g/mol. The predicted octanol–water partition coefficient (Wildman–Crippen LogP) is 2.83. The van der Waals surface area contributed by atoms with Crippen LogP contribution in [0.4, 0.5) is 0 Å². The highest BCUT2D eigenvalue weighted by Crippen LogP contribution is 2.35. The van der Waals surface area contributed by atoms with Crippen molar-refractivity contribution in [2.45, 2.75) is 37.2 Å². The summed E-state index contributed by atoms with van der Waals surface area (Å²) in [5, 5.41) is 0. The Hall–Kier alpha value is -0.410. The van der Waals surface area contributed by atoms with Gasteiger partial charge in [-0.3, -0.25) is 9.88 Å². The first-order chi connectivity index (χ1) is 7.10. The van der Waals surface area contributed by atoms with Crippen LogP contribution in [0.15, 0.2) is 24.5 Å². The molecule has 1 aliphatic heterocycles. The van der Waals surface area contributed by atoms with E-state index in [0.29, 0.717) is 4.83 Å². The van der Waals surface area contributed by atoms with Crippen LogP contribution in [0.1, 0.15) is 25.8 Å². The SMILES string of the molecule is CC1(C)C(Br)CCN1Cc1ccncc1. The molecule has 1 atom stereocenters. The van der Waals surface area contributed by atoms with Gasteiger partial charge in [0, 0.05) is 35.8 Å². The number of hydrogen-bond acceptors (Lipinski definition) is 2. The van der Waals surface area contributed by atoms with Gasteiger partial charge in [-0.15, -0.1) is 0 Å². The molecule has 0 radical (unpaired) electrons. The van der Waals surface area contributed by atoms with Gasteiger partial charge in [0.15, 0.2) is 0 Å². The maximum Gasteiger partial charge on any atom is 0.0337 e. The van der Waals surface area contributed by atoms with E-state index in [2.05, 4.69) is 51.8 Å². The minimum Gasteiger partial charge on any atom is -0.293 e. The number of likely N-dealkylation sites (tertiary alicyclic amines) is 1. The molecule has 2 heterocycles. The standard InChI is InChI=1S/C12H17BrN2/c1-12(2)11(13)5-8-15(12)9-10-3-6-14-7-4-10/h3-4,6-7,11H,5,8-9H2,1-2H3. The molecule has 15 heavy (non-hydrogen) atoms. The third-order valence-corrected chi connectivity index (χ3v) is 4.94. The third-order valence-electron chi connectivity index (χ3n) is 3.36. The van der Waals surface area contributed by atoms with Crippen molar-refractivity contribution < 1.29 is 0 Å². The highest BCUT2D eigenvalue weighted by atomic mass is 79.9. The number of nitrogens with zero attached hydrogens (tertiary/aromatic N) is 2. The van der Waals surface area contributed by atoms with E-state index in [4.69, 9.17) is 0 Å². The average Bonchev–Trinajstić information content (AvgIpc) is 2.47. The molecule has 0 aromatic carbocycles. The van der Waals surface area contributed by atoms with Crippen LogP contribution in [0.5, 0.6) is 0 Å². The second-order valence-corrected chi connectivity index (χ2v) is 5.79. The van der Waals surface area contributed by atoms with Gasteiger partial charge in [0.2, 0.25) is 0 Å². The zero-order valence-electron chi connectivity index (χ0n) is 9.28. The highest BCUT2D eigenvalue weighted by Gasteiger charge is 2.39. The maximum absolute atomic E-state index is 4.04. The molecule has 2 nitrogen and oxygen atoms in total. The zero-order valence-corrected chi connectivity index (χ0v) is 10.9. The Morgan fingerprint density at radius 2 is 2.13 bits per heavy atom. The van der Waals surface area contributed by atoms with Crippen molar-refractivity contribution in [3.05, 3.63) is 30.1 Å². The monoisotopic (exact) mass is 268 g/mol. The van der Waals surface area contributed by atoms with Crippen LogP contribution >= 0.6 is 15.9 Å². The van der Waals surface area contributed by atoms with E-state index in [-0.39, 0.29) is 5.54 Å². The Bertz CT molecular complexity index is 324. The van der Waals surface area contributed by atoms with E-state index >= 15 is 0 Å². The van der Waals surface area contributed by atoms with Crippen LogP contribution in [0.25, 0.3) is 0 Å². The van der Waals surface area contributed by atoms with Gasteiger partial charge in [-0.25, -0.2) is 0 Å². The van der Waals surface area contributed by atoms with E-state index in [9.17, 15) is 0 Å². The van der Waals surface area contributed by atoms with Gasteiger partial charge >= 0.3 is 0 Å². The minimum atomic E-state index is 0.253. The predicted molar refractivity (Wildman–Crippen MR) is 66.1 cm³/mol. The highest BCUT2D eigenvalue weighted by molar-refractivity contribution is 9.09. The summed E-state index contributed by atoms with van der Waals surface area (Å²) in [6, 6.07) is 4.19. The summed E-state index contributed by atoms with van der Waals surface area (Å²) in [7, 11) is 0. The number of hydrogen-bond donors (Lipinski definition) is 0. The molecule has 0 aliphatic carbocycles. The Labute approximate surface area is 99.8 Å². The first kappa shape index (κ1) is 11.1. The van der Waals surface area contributed by atoms with Gasteiger partial charge in [0.25, 0.3) is 0 Å². The summed E-state index contributed by atoms with van der Waals surface area (Å²) in [5.74, 6) is 0. The van der Waals surface area contributed by atoms with Crippen LogP contribution < -0.4 is 0 Å². The van der Waals surface area contributed by atoms with Crippen LogP contribution in [-0.4, -0.2) is 26.8 Å². The van der Waals surface area contributed by atoms with Crippen molar-refractivity contribution in [3.8, 4) is 0 Å². The van der Waals surface area contributed by atoms with Crippen molar-refractivity contribution in [1.29, 1.82) is 0 Å². The molecule has 2 rings (SSSR count). The molecule has 0 bridgehead atoms. The molecule has 3 heteroatoms. The molecule has 1 fully saturated rings. The molecule has 82 valence electrons. The van der Waals surface area contributed by atoms with E-state index < -0.39 is 0 Å². The number of halogens is 1. The molecule has 1 unspecified atom stereocenters. The third kappa shape index (κ3) is 2.23. The first-order valence-corrected chi connectivity index (χ1v) is 6.30. The smallest absolute Gasteiger partial charge is 0.0337 e. The van der Waals surface area contributed by atoms with Gasteiger partial charge in [-0.05, 0) is 38.0 Å². The Morgan fingerprint density at radius 3 is 2.67 bits per heavy atom. The lowest BCUT2D eigenvalue weighted by atomic mass is 10.0. The molecule has 1 saturated heterocycles. The lowest BCUT2D eigenvalue weighted by Crippen LogP contribution is -2.42. The molecule has 0 saturated carbocycles. The summed E-state index contributed by atoms with van der Waals surface area (Å²) in [6.07, 6.45) is 4.96. The average molecular weight is 269 g/mol. The van der Waals surface area contributed by atoms with Crippen LogP contribution in [0.2, 0.25) is 0 Å². The molecule has 1 aromatic heterocycles. The fourth-order valence-corrected chi connectivity index (χ4v) is 2.59. The lowest BCUT2D eigenvalue weighted by molar-refractivity contribution is 0.171.